The quantitative estimate of drug-likeness (QED) is 0.420. The number of hydrogen-bond acceptors (Lipinski definition) is 6. The molecule has 31 heavy (non-hydrogen) atoms. The van der Waals surface area contributed by atoms with Crippen molar-refractivity contribution in [2.45, 2.75) is 13.5 Å². The maximum Gasteiger partial charge on any atom is 0.278 e. The molecule has 0 N–H and O–H groups in total. The zero-order chi connectivity index (χ0) is 22.1. The van der Waals surface area contributed by atoms with Gasteiger partial charge in [-0.1, -0.05) is 29.8 Å². The molecule has 0 aromatic heterocycles. The standard InChI is InChI=1S/C23H24N4O4/c1-16-3-5-17(6-4-16)15-26-22(28)20(18-7-9-19(10-8-18)27(30)31)21(23(26)29)25-13-11-24(2)12-14-25/h3-10H,11-15H2,1-2H3. The van der Waals surface area contributed by atoms with E-state index in [0.717, 1.165) is 24.2 Å². The average molecular weight is 420 g/mol. The molecule has 0 saturated carbocycles. The first kappa shape index (κ1) is 20.7. The number of amides is 2. The van der Waals surface area contributed by atoms with E-state index in [1.807, 2.05) is 43.1 Å². The summed E-state index contributed by atoms with van der Waals surface area (Å²) in [6.45, 7) is 5.02. The summed E-state index contributed by atoms with van der Waals surface area (Å²) in [5.41, 5.74) is 3.14. The Kier molecular flexibility index (Phi) is 5.56. The highest BCUT2D eigenvalue weighted by molar-refractivity contribution is 6.35. The molecule has 2 aromatic rings. The fraction of sp³-hybridized carbons (Fsp3) is 0.304. The number of rotatable bonds is 5. The summed E-state index contributed by atoms with van der Waals surface area (Å²) in [5.74, 6) is -0.683. The van der Waals surface area contributed by atoms with Crippen molar-refractivity contribution in [1.29, 1.82) is 0 Å². The number of hydrogen-bond donors (Lipinski definition) is 0. The Morgan fingerprint density at radius 3 is 2.10 bits per heavy atom. The lowest BCUT2D eigenvalue weighted by Gasteiger charge is -2.34. The largest absolute Gasteiger partial charge is 0.364 e. The van der Waals surface area contributed by atoms with Crippen LogP contribution < -0.4 is 0 Å². The van der Waals surface area contributed by atoms with Crippen molar-refractivity contribution < 1.29 is 14.5 Å². The Morgan fingerprint density at radius 1 is 0.903 bits per heavy atom. The Hall–Kier alpha value is -3.52. The molecular formula is C23H24N4O4. The molecule has 2 heterocycles. The monoisotopic (exact) mass is 420 g/mol. The Labute approximate surface area is 180 Å². The van der Waals surface area contributed by atoms with Crippen molar-refractivity contribution in [2.24, 2.45) is 0 Å². The number of nitrogens with zero attached hydrogens (tertiary/aromatic N) is 4. The van der Waals surface area contributed by atoms with E-state index in [2.05, 4.69) is 4.90 Å². The summed E-state index contributed by atoms with van der Waals surface area (Å²) in [6.07, 6.45) is 0. The second-order valence-corrected chi connectivity index (χ2v) is 8.00. The van der Waals surface area contributed by atoms with Gasteiger partial charge >= 0.3 is 0 Å². The SMILES string of the molecule is Cc1ccc(CN2C(=O)C(c3ccc([N+](=O)[O-])cc3)=C(N3CCN(C)CC3)C2=O)cc1. The van der Waals surface area contributed by atoms with Crippen LogP contribution in [0.1, 0.15) is 16.7 Å². The van der Waals surface area contributed by atoms with E-state index in [-0.39, 0.29) is 24.0 Å². The van der Waals surface area contributed by atoms with Gasteiger partial charge in [-0.25, -0.2) is 0 Å². The molecule has 160 valence electrons. The summed E-state index contributed by atoms with van der Waals surface area (Å²) in [4.78, 5) is 42.8. The van der Waals surface area contributed by atoms with Gasteiger partial charge in [0.25, 0.3) is 17.5 Å². The average Bonchev–Trinajstić information content (AvgIpc) is 3.00. The maximum atomic E-state index is 13.4. The van der Waals surface area contributed by atoms with Crippen LogP contribution in [0.5, 0.6) is 0 Å². The van der Waals surface area contributed by atoms with Crippen LogP contribution in [0.3, 0.4) is 0 Å². The Morgan fingerprint density at radius 2 is 1.52 bits per heavy atom. The lowest BCUT2D eigenvalue weighted by Crippen LogP contribution is -2.46. The summed E-state index contributed by atoms with van der Waals surface area (Å²) < 4.78 is 0. The summed E-state index contributed by atoms with van der Waals surface area (Å²) in [6, 6.07) is 13.5. The van der Waals surface area contributed by atoms with Gasteiger partial charge < -0.3 is 9.80 Å². The van der Waals surface area contributed by atoms with Crippen LogP contribution >= 0.6 is 0 Å². The highest BCUT2D eigenvalue weighted by Crippen LogP contribution is 2.33. The van der Waals surface area contributed by atoms with Crippen molar-refractivity contribution in [2.75, 3.05) is 33.2 Å². The smallest absolute Gasteiger partial charge is 0.278 e. The second kappa shape index (κ2) is 8.31. The molecule has 0 unspecified atom stereocenters. The molecule has 2 aromatic carbocycles. The molecule has 0 bridgehead atoms. The summed E-state index contributed by atoms with van der Waals surface area (Å²) in [5, 5.41) is 11.0. The lowest BCUT2D eigenvalue weighted by atomic mass is 10.0. The van der Waals surface area contributed by atoms with Crippen molar-refractivity contribution >= 4 is 23.1 Å². The van der Waals surface area contributed by atoms with Crippen molar-refractivity contribution in [3.05, 3.63) is 81.0 Å². The van der Waals surface area contributed by atoms with Gasteiger partial charge in [-0.3, -0.25) is 24.6 Å². The van der Waals surface area contributed by atoms with Crippen LogP contribution in [0, 0.1) is 17.0 Å². The third-order valence-corrected chi connectivity index (χ3v) is 5.79. The van der Waals surface area contributed by atoms with Gasteiger partial charge in [0.2, 0.25) is 0 Å². The van der Waals surface area contributed by atoms with Crippen LogP contribution in [0.2, 0.25) is 0 Å². The topological polar surface area (TPSA) is 87.0 Å². The van der Waals surface area contributed by atoms with Gasteiger partial charge in [0, 0.05) is 38.3 Å². The van der Waals surface area contributed by atoms with Crippen LogP contribution in [0.25, 0.3) is 5.57 Å². The predicted molar refractivity (Wildman–Crippen MR) is 116 cm³/mol. The zero-order valence-electron chi connectivity index (χ0n) is 17.6. The molecule has 8 heteroatoms. The second-order valence-electron chi connectivity index (χ2n) is 8.00. The van der Waals surface area contributed by atoms with E-state index in [1.165, 1.54) is 17.0 Å². The molecule has 2 aliphatic heterocycles. The van der Waals surface area contributed by atoms with E-state index < -0.39 is 4.92 Å². The summed E-state index contributed by atoms with van der Waals surface area (Å²) in [7, 11) is 2.02. The number of benzene rings is 2. The first-order chi connectivity index (χ1) is 14.8. The number of nitro groups is 1. The predicted octanol–water partition coefficient (Wildman–Crippen LogP) is 2.43. The number of imide groups is 1. The molecule has 1 fully saturated rings. The molecule has 8 nitrogen and oxygen atoms in total. The minimum atomic E-state index is -0.481. The molecule has 4 rings (SSSR count). The van der Waals surface area contributed by atoms with Gasteiger partial charge in [0.05, 0.1) is 17.0 Å². The number of non-ortho nitro benzene ring substituents is 1. The van der Waals surface area contributed by atoms with Crippen LogP contribution in [0.4, 0.5) is 5.69 Å². The number of likely N-dealkylation sites (N-methyl/N-ethyl adjacent to an activating group) is 1. The molecule has 0 aliphatic carbocycles. The van der Waals surface area contributed by atoms with Crippen LogP contribution in [-0.2, 0) is 16.1 Å². The van der Waals surface area contributed by atoms with Gasteiger partial charge in [0.1, 0.15) is 5.70 Å². The van der Waals surface area contributed by atoms with E-state index >= 15 is 0 Å². The number of nitro benzene ring substituents is 1. The van der Waals surface area contributed by atoms with E-state index in [4.69, 9.17) is 0 Å². The lowest BCUT2D eigenvalue weighted by molar-refractivity contribution is -0.384. The number of carbonyl (C=O) groups is 2. The number of piperazine rings is 1. The van der Waals surface area contributed by atoms with Crippen molar-refractivity contribution in [3.63, 3.8) is 0 Å². The van der Waals surface area contributed by atoms with E-state index in [0.29, 0.717) is 29.9 Å². The third kappa shape index (κ3) is 4.06. The molecule has 0 spiro atoms. The van der Waals surface area contributed by atoms with Gasteiger partial charge in [-0.05, 0) is 37.2 Å². The van der Waals surface area contributed by atoms with E-state index in [1.54, 1.807) is 12.1 Å². The number of carbonyl (C=O) groups excluding carboxylic acids is 2. The van der Waals surface area contributed by atoms with Crippen molar-refractivity contribution in [1.82, 2.24) is 14.7 Å². The normalized spacial score (nSPS) is 17.6. The molecule has 0 radical (unpaired) electrons. The molecular weight excluding hydrogens is 396 g/mol. The van der Waals surface area contributed by atoms with Crippen LogP contribution in [-0.4, -0.2) is 64.7 Å². The maximum absolute atomic E-state index is 13.4. The fourth-order valence-corrected chi connectivity index (χ4v) is 3.92. The minimum Gasteiger partial charge on any atom is -0.364 e. The first-order valence-electron chi connectivity index (χ1n) is 10.2. The van der Waals surface area contributed by atoms with E-state index in [9.17, 15) is 19.7 Å². The zero-order valence-corrected chi connectivity index (χ0v) is 17.6. The minimum absolute atomic E-state index is 0.0567. The highest BCUT2D eigenvalue weighted by atomic mass is 16.6. The molecule has 1 saturated heterocycles. The highest BCUT2D eigenvalue weighted by Gasteiger charge is 2.42. The van der Waals surface area contributed by atoms with Gasteiger partial charge in [-0.15, -0.1) is 0 Å². The van der Waals surface area contributed by atoms with Gasteiger partial charge in [0.15, 0.2) is 0 Å². The molecule has 2 aliphatic rings. The first-order valence-corrected chi connectivity index (χ1v) is 10.2. The van der Waals surface area contributed by atoms with Crippen molar-refractivity contribution in [3.8, 4) is 0 Å². The van der Waals surface area contributed by atoms with Crippen LogP contribution in [0.15, 0.2) is 54.2 Å². The molecule has 2 amide bonds. The third-order valence-electron chi connectivity index (χ3n) is 5.79. The Bertz CT molecular complexity index is 1050. The molecule has 0 atom stereocenters. The fourth-order valence-electron chi connectivity index (χ4n) is 3.92. The summed E-state index contributed by atoms with van der Waals surface area (Å²) >= 11 is 0. The van der Waals surface area contributed by atoms with Gasteiger partial charge in [-0.2, -0.15) is 0 Å². The number of aryl methyl sites for hydroxylation is 1. The Balaban J connectivity index is 1.71.